The minimum atomic E-state index is -1.19. The lowest BCUT2D eigenvalue weighted by Gasteiger charge is -2.30. The van der Waals surface area contributed by atoms with Crippen molar-refractivity contribution in [2.45, 2.75) is 50.8 Å². The van der Waals surface area contributed by atoms with Gasteiger partial charge in [-0.1, -0.05) is 30.3 Å². The Bertz CT molecular complexity index is 743. The van der Waals surface area contributed by atoms with E-state index in [-0.39, 0.29) is 11.8 Å². The molecule has 8 nitrogen and oxygen atoms in total. The summed E-state index contributed by atoms with van der Waals surface area (Å²) in [5, 5.41) is 5.58. The first-order valence-electron chi connectivity index (χ1n) is 9.65. The summed E-state index contributed by atoms with van der Waals surface area (Å²) in [6.45, 7) is 4.36. The van der Waals surface area contributed by atoms with Crippen molar-refractivity contribution in [2.75, 3.05) is 13.7 Å². The number of carbonyl (C=O) groups is 2. The number of hydrogen-bond donors (Lipinski definition) is 2. The first-order chi connectivity index (χ1) is 13.5. The zero-order chi connectivity index (χ0) is 19.9. The third kappa shape index (κ3) is 3.20. The highest BCUT2D eigenvalue weighted by molar-refractivity contribution is 5.89. The molecule has 3 aliphatic heterocycles. The average Bonchev–Trinajstić information content (AvgIpc) is 3.34. The molecule has 152 valence electrons. The molecule has 2 bridgehead atoms. The van der Waals surface area contributed by atoms with Gasteiger partial charge < -0.3 is 29.6 Å². The maximum Gasteiger partial charge on any atom is 0.280 e. The SMILES string of the molecule is CCOC1(C)OC2C3O[C@@H](C(C(=O)NC)C3C(=O)NCc3ccccc3)[C@H]2O1. The van der Waals surface area contributed by atoms with Crippen molar-refractivity contribution in [3.05, 3.63) is 35.9 Å². The molecule has 0 aliphatic carbocycles. The summed E-state index contributed by atoms with van der Waals surface area (Å²) in [4.78, 5) is 25.6. The molecule has 5 unspecified atom stereocenters. The number of amides is 2. The monoisotopic (exact) mass is 390 g/mol. The van der Waals surface area contributed by atoms with Gasteiger partial charge in [-0.15, -0.1) is 0 Å². The van der Waals surface area contributed by atoms with Gasteiger partial charge in [0.15, 0.2) is 0 Å². The quantitative estimate of drug-likeness (QED) is 0.737. The van der Waals surface area contributed by atoms with Crippen molar-refractivity contribution in [3.8, 4) is 0 Å². The Hall–Kier alpha value is -2.00. The van der Waals surface area contributed by atoms with Gasteiger partial charge in [0.05, 0.1) is 24.0 Å². The third-order valence-corrected chi connectivity index (χ3v) is 5.65. The normalized spacial score (nSPS) is 38.2. The van der Waals surface area contributed by atoms with Gasteiger partial charge >= 0.3 is 0 Å². The van der Waals surface area contributed by atoms with E-state index in [0.29, 0.717) is 13.2 Å². The molecule has 2 amide bonds. The molecule has 1 aromatic rings. The van der Waals surface area contributed by atoms with Crippen LogP contribution in [-0.2, 0) is 35.1 Å². The zero-order valence-corrected chi connectivity index (χ0v) is 16.2. The van der Waals surface area contributed by atoms with Crippen molar-refractivity contribution in [1.29, 1.82) is 0 Å². The molecule has 0 aromatic heterocycles. The standard InChI is InChI=1S/C20H26N2O6/c1-4-25-20(2)27-16-14-12(18(23)21-3)13(15(26-14)17(16)28-20)19(24)22-10-11-8-6-5-7-9-11/h5-9,12-17H,4,10H2,1-3H3,(H,21,23)(H,22,24)/t12?,13?,14-,15?,16+,17?,20?/m0/s1. The molecule has 3 heterocycles. The molecule has 3 fully saturated rings. The zero-order valence-electron chi connectivity index (χ0n) is 16.2. The van der Waals surface area contributed by atoms with Gasteiger partial charge in [-0.25, -0.2) is 0 Å². The van der Waals surface area contributed by atoms with E-state index in [4.69, 9.17) is 18.9 Å². The first kappa shape index (κ1) is 19.3. The van der Waals surface area contributed by atoms with Gasteiger partial charge in [0.2, 0.25) is 11.8 Å². The van der Waals surface area contributed by atoms with Crippen molar-refractivity contribution in [1.82, 2.24) is 10.6 Å². The topological polar surface area (TPSA) is 95.1 Å². The molecule has 7 atom stereocenters. The molecule has 2 N–H and O–H groups in total. The molecule has 4 rings (SSSR count). The lowest BCUT2D eigenvalue weighted by atomic mass is 9.75. The second-order valence-electron chi connectivity index (χ2n) is 7.39. The highest BCUT2D eigenvalue weighted by atomic mass is 16.9. The van der Waals surface area contributed by atoms with Crippen LogP contribution in [-0.4, -0.2) is 55.9 Å². The van der Waals surface area contributed by atoms with Gasteiger partial charge in [-0.3, -0.25) is 9.59 Å². The fraction of sp³-hybridized carbons (Fsp3) is 0.600. The second-order valence-corrected chi connectivity index (χ2v) is 7.39. The molecule has 0 saturated carbocycles. The number of ether oxygens (including phenoxy) is 4. The summed E-state index contributed by atoms with van der Waals surface area (Å²) in [7, 11) is 1.56. The number of carbonyl (C=O) groups excluding carboxylic acids is 2. The van der Waals surface area contributed by atoms with Crippen LogP contribution in [0.5, 0.6) is 0 Å². The lowest BCUT2D eigenvalue weighted by molar-refractivity contribution is -0.339. The molecule has 3 aliphatic rings. The number of rotatable bonds is 6. The minimum absolute atomic E-state index is 0.225. The van der Waals surface area contributed by atoms with E-state index >= 15 is 0 Å². The highest BCUT2D eigenvalue weighted by Crippen LogP contribution is 2.51. The van der Waals surface area contributed by atoms with E-state index < -0.39 is 42.2 Å². The Balaban J connectivity index is 1.53. The van der Waals surface area contributed by atoms with Crippen molar-refractivity contribution in [3.63, 3.8) is 0 Å². The van der Waals surface area contributed by atoms with Crippen LogP contribution in [0.2, 0.25) is 0 Å². The molecular weight excluding hydrogens is 364 g/mol. The smallest absolute Gasteiger partial charge is 0.280 e. The van der Waals surface area contributed by atoms with Crippen LogP contribution >= 0.6 is 0 Å². The summed E-state index contributed by atoms with van der Waals surface area (Å²) in [6.07, 6.45) is -2.00. The predicted molar refractivity (Wildman–Crippen MR) is 97.8 cm³/mol. The van der Waals surface area contributed by atoms with Crippen LogP contribution in [0.15, 0.2) is 30.3 Å². The Labute approximate surface area is 163 Å². The third-order valence-electron chi connectivity index (χ3n) is 5.65. The Morgan fingerprint density at radius 2 is 1.64 bits per heavy atom. The fourth-order valence-corrected chi connectivity index (χ4v) is 4.51. The van der Waals surface area contributed by atoms with Gasteiger partial charge in [0.1, 0.15) is 12.2 Å². The van der Waals surface area contributed by atoms with E-state index in [0.717, 1.165) is 5.56 Å². The van der Waals surface area contributed by atoms with E-state index in [2.05, 4.69) is 10.6 Å². The van der Waals surface area contributed by atoms with Crippen molar-refractivity contribution in [2.24, 2.45) is 11.8 Å². The molecule has 28 heavy (non-hydrogen) atoms. The van der Waals surface area contributed by atoms with Crippen LogP contribution in [0.3, 0.4) is 0 Å². The Morgan fingerprint density at radius 3 is 2.21 bits per heavy atom. The van der Waals surface area contributed by atoms with Crippen LogP contribution in [0, 0.1) is 11.8 Å². The van der Waals surface area contributed by atoms with Gasteiger partial charge in [-0.05, 0) is 12.5 Å². The number of hydrogen-bond acceptors (Lipinski definition) is 6. The lowest BCUT2D eigenvalue weighted by Crippen LogP contribution is -2.54. The Kier molecular flexibility index (Phi) is 5.13. The van der Waals surface area contributed by atoms with E-state index in [1.54, 1.807) is 14.0 Å². The van der Waals surface area contributed by atoms with E-state index in [9.17, 15) is 9.59 Å². The van der Waals surface area contributed by atoms with Gasteiger partial charge in [0.25, 0.3) is 5.97 Å². The first-order valence-corrected chi connectivity index (χ1v) is 9.65. The molecule has 3 saturated heterocycles. The van der Waals surface area contributed by atoms with Crippen LogP contribution in [0.25, 0.3) is 0 Å². The second kappa shape index (κ2) is 7.44. The van der Waals surface area contributed by atoms with Crippen LogP contribution < -0.4 is 10.6 Å². The van der Waals surface area contributed by atoms with Crippen molar-refractivity contribution >= 4 is 11.8 Å². The summed E-state index contributed by atoms with van der Waals surface area (Å²) >= 11 is 0. The summed E-state index contributed by atoms with van der Waals surface area (Å²) in [5.41, 5.74) is 0.985. The van der Waals surface area contributed by atoms with Crippen LogP contribution in [0.4, 0.5) is 0 Å². The maximum absolute atomic E-state index is 13.0. The number of nitrogens with one attached hydrogen (secondary N) is 2. The molecule has 0 spiro atoms. The predicted octanol–water partition coefficient (Wildman–Crippen LogP) is 0.556. The highest BCUT2D eigenvalue weighted by Gasteiger charge is 2.69. The summed E-state index contributed by atoms with van der Waals surface area (Å²) in [5.74, 6) is -2.94. The van der Waals surface area contributed by atoms with E-state index in [1.807, 2.05) is 37.3 Å². The molecule has 1 aromatic carbocycles. The number of benzene rings is 1. The molecule has 0 radical (unpaired) electrons. The van der Waals surface area contributed by atoms with E-state index in [1.165, 1.54) is 0 Å². The molecule has 8 heteroatoms. The fourth-order valence-electron chi connectivity index (χ4n) is 4.51. The average molecular weight is 390 g/mol. The maximum atomic E-state index is 13.0. The van der Waals surface area contributed by atoms with Gasteiger partial charge in [-0.2, -0.15) is 0 Å². The Morgan fingerprint density at radius 1 is 1.04 bits per heavy atom. The van der Waals surface area contributed by atoms with Crippen LogP contribution in [0.1, 0.15) is 19.4 Å². The largest absolute Gasteiger partial charge is 0.368 e. The molecular formula is C20H26N2O6. The van der Waals surface area contributed by atoms with Crippen molar-refractivity contribution < 1.29 is 28.5 Å². The van der Waals surface area contributed by atoms with Gasteiger partial charge in [0, 0.05) is 27.1 Å². The summed E-state index contributed by atoms with van der Waals surface area (Å²) < 4.78 is 23.5. The minimum Gasteiger partial charge on any atom is -0.368 e. The number of fused-ring (bicyclic) bond motifs is 5. The summed E-state index contributed by atoms with van der Waals surface area (Å²) in [6, 6.07) is 9.62.